The Balaban J connectivity index is 1.26. The van der Waals surface area contributed by atoms with E-state index in [2.05, 4.69) is 42.0 Å². The van der Waals surface area contributed by atoms with Crippen LogP contribution in [0.25, 0.3) is 0 Å². The summed E-state index contributed by atoms with van der Waals surface area (Å²) in [4.78, 5) is 17.1. The number of nitrogens with zero attached hydrogens (tertiary/aromatic N) is 4. The van der Waals surface area contributed by atoms with Crippen molar-refractivity contribution in [3.63, 3.8) is 0 Å². The molecule has 0 spiro atoms. The largest absolute Gasteiger partial charge is 0.471 e. The van der Waals surface area contributed by atoms with Crippen LogP contribution in [0.3, 0.4) is 0 Å². The lowest BCUT2D eigenvalue weighted by atomic mass is 10.0. The maximum Gasteiger partial charge on any atom is 0.274 e. The van der Waals surface area contributed by atoms with Crippen molar-refractivity contribution in [1.82, 2.24) is 19.6 Å². The normalized spacial score (nSPS) is 14.7. The summed E-state index contributed by atoms with van der Waals surface area (Å²) in [5, 5.41) is 5.17. The van der Waals surface area contributed by atoms with Gasteiger partial charge >= 0.3 is 0 Å². The number of halogens is 1. The summed E-state index contributed by atoms with van der Waals surface area (Å²) >= 11 is 6.08. The van der Waals surface area contributed by atoms with E-state index in [4.69, 9.17) is 16.3 Å². The summed E-state index contributed by atoms with van der Waals surface area (Å²) in [6.07, 6.45) is 1.78. The number of ether oxygens (including phenoxy) is 1. The number of aromatic nitrogens is 2. The number of piperazine rings is 1. The van der Waals surface area contributed by atoms with Crippen LogP contribution in [0.1, 0.15) is 41.4 Å². The molecule has 7 heteroatoms. The van der Waals surface area contributed by atoms with E-state index < -0.39 is 0 Å². The van der Waals surface area contributed by atoms with E-state index in [-0.39, 0.29) is 12.6 Å². The Labute approximate surface area is 194 Å². The summed E-state index contributed by atoms with van der Waals surface area (Å²) in [6, 6.07) is 17.8. The first-order chi connectivity index (χ1) is 15.5. The lowest BCUT2D eigenvalue weighted by Gasteiger charge is -2.34. The maximum atomic E-state index is 12.9. The topological polar surface area (TPSA) is 50.6 Å². The van der Waals surface area contributed by atoms with Crippen LogP contribution in [0.4, 0.5) is 0 Å². The van der Waals surface area contributed by atoms with Crippen LogP contribution in [0, 0.1) is 0 Å². The van der Waals surface area contributed by atoms with Gasteiger partial charge in [-0.05, 0) is 47.4 Å². The van der Waals surface area contributed by atoms with Crippen LogP contribution >= 0.6 is 11.6 Å². The second-order valence-corrected chi connectivity index (χ2v) is 8.87. The number of amides is 1. The first kappa shape index (κ1) is 22.4. The van der Waals surface area contributed by atoms with E-state index in [0.29, 0.717) is 24.7 Å². The van der Waals surface area contributed by atoms with Crippen molar-refractivity contribution < 1.29 is 9.53 Å². The Morgan fingerprint density at radius 1 is 1.06 bits per heavy atom. The third kappa shape index (κ3) is 5.69. The number of benzene rings is 2. The highest BCUT2D eigenvalue weighted by molar-refractivity contribution is 6.30. The minimum atomic E-state index is -0.0348. The van der Waals surface area contributed by atoms with Crippen LogP contribution < -0.4 is 4.74 Å². The minimum absolute atomic E-state index is 0.0348. The molecule has 4 rings (SSSR count). The maximum absolute atomic E-state index is 12.9. The fraction of sp³-hybridized carbons (Fsp3) is 0.360. The highest BCUT2D eigenvalue weighted by Crippen LogP contribution is 2.19. The van der Waals surface area contributed by atoms with Crippen LogP contribution in [0.5, 0.6) is 5.75 Å². The van der Waals surface area contributed by atoms with Gasteiger partial charge in [0, 0.05) is 43.9 Å². The third-order valence-corrected chi connectivity index (χ3v) is 5.96. The van der Waals surface area contributed by atoms with Crippen LogP contribution in [-0.2, 0) is 13.3 Å². The van der Waals surface area contributed by atoms with Crippen molar-refractivity contribution in [2.24, 2.45) is 0 Å². The van der Waals surface area contributed by atoms with Crippen LogP contribution in [0.15, 0.2) is 60.8 Å². The number of carbonyl (C=O) groups excluding carboxylic acids is 1. The van der Waals surface area contributed by atoms with Gasteiger partial charge in [0.2, 0.25) is 0 Å². The SMILES string of the molecule is CC(C)c1ccc(OCn2ccc(C(=O)N3CCN(Cc4cccc(Cl)c4)CC3)n2)cc1. The van der Waals surface area contributed by atoms with Crippen molar-refractivity contribution in [1.29, 1.82) is 0 Å². The van der Waals surface area contributed by atoms with E-state index in [1.54, 1.807) is 16.9 Å². The molecular formula is C25H29ClN4O2. The van der Waals surface area contributed by atoms with Gasteiger partial charge in [0.15, 0.2) is 12.4 Å². The molecule has 0 aliphatic carbocycles. The molecule has 0 unspecified atom stereocenters. The Hall–Kier alpha value is -2.83. The molecule has 0 bridgehead atoms. The summed E-state index contributed by atoms with van der Waals surface area (Å²) in [5.41, 5.74) is 2.92. The van der Waals surface area contributed by atoms with Crippen LogP contribution in [0.2, 0.25) is 5.02 Å². The summed E-state index contributed by atoms with van der Waals surface area (Å²) in [6.45, 7) is 8.46. The molecular weight excluding hydrogens is 424 g/mol. The van der Waals surface area contributed by atoms with Gasteiger partial charge in [0.05, 0.1) is 0 Å². The first-order valence-corrected chi connectivity index (χ1v) is 11.4. The number of rotatable bonds is 7. The zero-order chi connectivity index (χ0) is 22.5. The average Bonchev–Trinajstić information content (AvgIpc) is 3.27. The van der Waals surface area contributed by atoms with Gasteiger partial charge in [-0.15, -0.1) is 0 Å². The summed E-state index contributed by atoms with van der Waals surface area (Å²) < 4.78 is 7.46. The van der Waals surface area contributed by atoms with E-state index in [1.807, 2.05) is 35.2 Å². The lowest BCUT2D eigenvalue weighted by Crippen LogP contribution is -2.48. The summed E-state index contributed by atoms with van der Waals surface area (Å²) in [5.74, 6) is 1.24. The number of hydrogen-bond donors (Lipinski definition) is 0. The molecule has 0 atom stereocenters. The molecule has 32 heavy (non-hydrogen) atoms. The van der Waals surface area contributed by atoms with E-state index in [9.17, 15) is 4.79 Å². The molecule has 168 valence electrons. The molecule has 0 N–H and O–H groups in total. The highest BCUT2D eigenvalue weighted by Gasteiger charge is 2.23. The van der Waals surface area contributed by atoms with Gasteiger partial charge in [0.1, 0.15) is 5.75 Å². The van der Waals surface area contributed by atoms with Crippen molar-refractivity contribution in [2.75, 3.05) is 26.2 Å². The zero-order valence-electron chi connectivity index (χ0n) is 18.6. The molecule has 3 aromatic rings. The average molecular weight is 453 g/mol. The van der Waals surface area contributed by atoms with Gasteiger partial charge in [0.25, 0.3) is 5.91 Å². The molecule has 1 aliphatic rings. The van der Waals surface area contributed by atoms with E-state index in [0.717, 1.165) is 30.4 Å². The van der Waals surface area contributed by atoms with Crippen LogP contribution in [-0.4, -0.2) is 51.7 Å². The van der Waals surface area contributed by atoms with Crippen molar-refractivity contribution in [3.05, 3.63) is 82.6 Å². The predicted octanol–water partition coefficient (Wildman–Crippen LogP) is 4.65. The fourth-order valence-electron chi connectivity index (χ4n) is 3.80. The third-order valence-electron chi connectivity index (χ3n) is 5.72. The first-order valence-electron chi connectivity index (χ1n) is 11.0. The quantitative estimate of drug-likeness (QED) is 0.523. The smallest absolute Gasteiger partial charge is 0.274 e. The monoisotopic (exact) mass is 452 g/mol. The molecule has 0 radical (unpaired) electrons. The van der Waals surface area contributed by atoms with Gasteiger partial charge < -0.3 is 9.64 Å². The Kier molecular flexibility index (Phi) is 7.12. The molecule has 0 saturated carbocycles. The molecule has 1 aliphatic heterocycles. The lowest BCUT2D eigenvalue weighted by molar-refractivity contribution is 0.0621. The molecule has 6 nitrogen and oxygen atoms in total. The molecule has 2 aromatic carbocycles. The molecule has 1 aromatic heterocycles. The molecule has 1 amide bonds. The van der Waals surface area contributed by atoms with Crippen molar-refractivity contribution in [2.45, 2.75) is 33.0 Å². The predicted molar refractivity (Wildman–Crippen MR) is 126 cm³/mol. The van der Waals surface area contributed by atoms with Gasteiger partial charge in [-0.25, -0.2) is 4.68 Å². The Bertz CT molecular complexity index is 1040. The van der Waals surface area contributed by atoms with E-state index in [1.165, 1.54) is 11.1 Å². The van der Waals surface area contributed by atoms with Gasteiger partial charge in [-0.3, -0.25) is 9.69 Å². The minimum Gasteiger partial charge on any atom is -0.471 e. The molecule has 1 saturated heterocycles. The standard InChI is InChI=1S/C25H29ClN4O2/c1-19(2)21-6-8-23(9-7-21)32-18-30-11-10-24(27-30)25(31)29-14-12-28(13-15-29)17-20-4-3-5-22(26)16-20/h3-11,16,19H,12-15,17-18H2,1-2H3. The molecule has 2 heterocycles. The molecule has 1 fully saturated rings. The fourth-order valence-corrected chi connectivity index (χ4v) is 4.01. The summed E-state index contributed by atoms with van der Waals surface area (Å²) in [7, 11) is 0. The highest BCUT2D eigenvalue weighted by atomic mass is 35.5. The van der Waals surface area contributed by atoms with E-state index >= 15 is 0 Å². The Morgan fingerprint density at radius 2 is 1.81 bits per heavy atom. The number of hydrogen-bond acceptors (Lipinski definition) is 4. The van der Waals surface area contributed by atoms with Crippen molar-refractivity contribution >= 4 is 17.5 Å². The second kappa shape index (κ2) is 10.2. The zero-order valence-corrected chi connectivity index (χ0v) is 19.3. The van der Waals surface area contributed by atoms with Gasteiger partial charge in [-0.1, -0.05) is 49.7 Å². The Morgan fingerprint density at radius 3 is 2.50 bits per heavy atom. The van der Waals surface area contributed by atoms with Crippen molar-refractivity contribution in [3.8, 4) is 5.75 Å². The second-order valence-electron chi connectivity index (χ2n) is 8.44. The van der Waals surface area contributed by atoms with Gasteiger partial charge in [-0.2, -0.15) is 5.10 Å². The number of carbonyl (C=O) groups is 1.